The number of hydrogen-bond acceptors (Lipinski definition) is 2. The highest BCUT2D eigenvalue weighted by atomic mass is 16.6. The quantitative estimate of drug-likeness (QED) is 0.733. The Balaban J connectivity index is 2.64. The Morgan fingerprint density at radius 1 is 1.20 bits per heavy atom. The maximum atomic E-state index is 11.9. The molecule has 1 rings (SSSR count). The summed E-state index contributed by atoms with van der Waals surface area (Å²) in [5.41, 5.74) is -0.737. The van der Waals surface area contributed by atoms with Crippen LogP contribution in [0.5, 0.6) is 0 Å². The van der Waals surface area contributed by atoms with E-state index in [-0.39, 0.29) is 0 Å². The molecule has 3 nitrogen and oxygen atoms in total. The second-order valence-corrected chi connectivity index (χ2v) is 7.99. The summed E-state index contributed by atoms with van der Waals surface area (Å²) in [6.07, 6.45) is 9.01. The summed E-state index contributed by atoms with van der Waals surface area (Å²) in [6, 6.07) is 0. The van der Waals surface area contributed by atoms with E-state index in [4.69, 9.17) is 11.2 Å². The normalized spacial score (nSPS) is 27.6. The van der Waals surface area contributed by atoms with Crippen LogP contribution >= 0.6 is 0 Å². The number of amides is 1. The molecular weight excluding hydrogens is 250 g/mol. The molecule has 1 amide bonds. The van der Waals surface area contributed by atoms with Crippen molar-refractivity contribution in [3.8, 4) is 12.3 Å². The molecular formula is C17H29NO2. The molecule has 0 aromatic carbocycles. The highest BCUT2D eigenvalue weighted by molar-refractivity contribution is 5.69. The minimum Gasteiger partial charge on any atom is -0.444 e. The molecule has 0 radical (unpaired) electrons. The molecule has 114 valence electrons. The zero-order valence-electron chi connectivity index (χ0n) is 13.8. The first kappa shape index (κ1) is 16.9. The first-order chi connectivity index (χ1) is 8.97. The lowest BCUT2D eigenvalue weighted by atomic mass is 9.67. The van der Waals surface area contributed by atoms with Crippen molar-refractivity contribution in [2.45, 2.75) is 78.4 Å². The molecule has 0 unspecified atom stereocenters. The van der Waals surface area contributed by atoms with Crippen LogP contribution in [0.3, 0.4) is 0 Å². The van der Waals surface area contributed by atoms with Gasteiger partial charge >= 0.3 is 6.09 Å². The smallest absolute Gasteiger partial charge is 0.408 e. The van der Waals surface area contributed by atoms with Crippen LogP contribution in [-0.2, 0) is 4.74 Å². The van der Waals surface area contributed by atoms with Crippen molar-refractivity contribution in [2.24, 2.45) is 11.3 Å². The van der Waals surface area contributed by atoms with E-state index < -0.39 is 17.2 Å². The first-order valence-corrected chi connectivity index (χ1v) is 7.46. The first-order valence-electron chi connectivity index (χ1n) is 7.46. The highest BCUT2D eigenvalue weighted by Crippen LogP contribution is 2.41. The summed E-state index contributed by atoms with van der Waals surface area (Å²) >= 11 is 0. The number of hydrogen-bond donors (Lipinski definition) is 1. The lowest BCUT2D eigenvalue weighted by Gasteiger charge is -2.41. The molecule has 0 aliphatic heterocycles. The Hall–Kier alpha value is -1.17. The van der Waals surface area contributed by atoms with E-state index in [1.807, 2.05) is 20.8 Å². The van der Waals surface area contributed by atoms with Crippen molar-refractivity contribution in [3.63, 3.8) is 0 Å². The third-order valence-electron chi connectivity index (χ3n) is 4.08. The van der Waals surface area contributed by atoms with Gasteiger partial charge in [-0.2, -0.15) is 0 Å². The number of carbonyl (C=O) groups excluding carboxylic acids is 1. The molecule has 1 fully saturated rings. The lowest BCUT2D eigenvalue weighted by molar-refractivity contribution is 0.0433. The highest BCUT2D eigenvalue weighted by Gasteiger charge is 2.39. The van der Waals surface area contributed by atoms with Gasteiger partial charge in [-0.15, -0.1) is 6.42 Å². The van der Waals surface area contributed by atoms with Crippen LogP contribution in [0.15, 0.2) is 0 Å². The van der Waals surface area contributed by atoms with Crippen molar-refractivity contribution in [3.05, 3.63) is 0 Å². The van der Waals surface area contributed by atoms with Crippen molar-refractivity contribution >= 4 is 6.09 Å². The van der Waals surface area contributed by atoms with Gasteiger partial charge in [0.25, 0.3) is 0 Å². The van der Waals surface area contributed by atoms with E-state index in [1.165, 1.54) is 0 Å². The maximum absolute atomic E-state index is 11.9. The zero-order valence-corrected chi connectivity index (χ0v) is 13.8. The third kappa shape index (κ3) is 4.74. The predicted molar refractivity (Wildman–Crippen MR) is 82.3 cm³/mol. The number of alkyl carbamates (subject to hydrolysis) is 1. The molecule has 0 aromatic rings. The van der Waals surface area contributed by atoms with Gasteiger partial charge in [0, 0.05) is 0 Å². The van der Waals surface area contributed by atoms with Gasteiger partial charge in [-0.1, -0.05) is 26.7 Å². The summed E-state index contributed by atoms with van der Waals surface area (Å²) < 4.78 is 5.32. The summed E-state index contributed by atoms with van der Waals surface area (Å²) in [6.45, 7) is 12.4. The molecule has 1 saturated carbocycles. The van der Waals surface area contributed by atoms with E-state index >= 15 is 0 Å². The molecule has 1 aliphatic carbocycles. The average molecular weight is 279 g/mol. The number of ether oxygens (including phenoxy) is 1. The second kappa shape index (κ2) is 5.68. The zero-order chi connectivity index (χ0) is 15.6. The summed E-state index contributed by atoms with van der Waals surface area (Å²) in [5, 5.41) is 2.91. The average Bonchev–Trinajstić information content (AvgIpc) is 2.25. The van der Waals surface area contributed by atoms with E-state index in [9.17, 15) is 4.79 Å². The minimum atomic E-state index is -0.538. The van der Waals surface area contributed by atoms with E-state index in [0.29, 0.717) is 11.3 Å². The largest absolute Gasteiger partial charge is 0.444 e. The van der Waals surface area contributed by atoms with Crippen LogP contribution in [0.25, 0.3) is 0 Å². The van der Waals surface area contributed by atoms with Gasteiger partial charge in [-0.25, -0.2) is 4.79 Å². The Kier molecular flexibility index (Phi) is 4.79. The van der Waals surface area contributed by atoms with Crippen molar-refractivity contribution in [1.29, 1.82) is 0 Å². The van der Waals surface area contributed by atoms with Crippen LogP contribution < -0.4 is 5.32 Å². The predicted octanol–water partition coefficient (Wildman–Crippen LogP) is 4.12. The van der Waals surface area contributed by atoms with E-state index in [1.54, 1.807) is 0 Å². The van der Waals surface area contributed by atoms with Gasteiger partial charge in [0.1, 0.15) is 11.1 Å². The molecule has 1 aliphatic rings. The van der Waals surface area contributed by atoms with Crippen LogP contribution in [0.2, 0.25) is 0 Å². The van der Waals surface area contributed by atoms with Crippen LogP contribution in [0.1, 0.15) is 67.2 Å². The Morgan fingerprint density at radius 3 is 2.05 bits per heavy atom. The van der Waals surface area contributed by atoms with Gasteiger partial charge in [-0.05, 0) is 57.8 Å². The monoisotopic (exact) mass is 279 g/mol. The molecule has 0 heterocycles. The molecule has 0 aromatic heterocycles. The topological polar surface area (TPSA) is 38.3 Å². The number of rotatable bonds is 1. The van der Waals surface area contributed by atoms with Gasteiger partial charge in [0.15, 0.2) is 0 Å². The van der Waals surface area contributed by atoms with Crippen LogP contribution in [0.4, 0.5) is 4.79 Å². The summed E-state index contributed by atoms with van der Waals surface area (Å²) in [5.74, 6) is 3.45. The molecule has 0 bridgehead atoms. The number of nitrogens with one attached hydrogen (secondary N) is 1. The molecule has 1 N–H and O–H groups in total. The maximum Gasteiger partial charge on any atom is 0.408 e. The Morgan fingerprint density at radius 2 is 1.70 bits per heavy atom. The molecule has 20 heavy (non-hydrogen) atoms. The van der Waals surface area contributed by atoms with Crippen LogP contribution in [-0.4, -0.2) is 17.2 Å². The van der Waals surface area contributed by atoms with Gasteiger partial charge in [-0.3, -0.25) is 0 Å². The molecule has 3 heteroatoms. The van der Waals surface area contributed by atoms with Gasteiger partial charge < -0.3 is 10.1 Å². The molecule has 0 saturated heterocycles. The molecule has 0 spiro atoms. The van der Waals surface area contributed by atoms with Crippen LogP contribution in [0, 0.1) is 23.7 Å². The second-order valence-electron chi connectivity index (χ2n) is 7.99. The van der Waals surface area contributed by atoms with Crippen molar-refractivity contribution in [2.75, 3.05) is 0 Å². The van der Waals surface area contributed by atoms with E-state index in [0.717, 1.165) is 25.7 Å². The fourth-order valence-corrected chi connectivity index (χ4v) is 2.78. The summed E-state index contributed by atoms with van der Waals surface area (Å²) in [4.78, 5) is 11.9. The lowest BCUT2D eigenvalue weighted by Crippen LogP contribution is -2.51. The number of carbonyl (C=O) groups is 1. The standard InChI is InChI=1S/C17H29NO2/c1-8-17(18-14(19)20-16(5,6)7)11-9-13(10-12-17)15(2,3)4/h1,13H,9-12H2,2-7H3,(H,18,19). The number of terminal acetylenes is 1. The Labute approximate surface area is 123 Å². The SMILES string of the molecule is C#CC1(NC(=O)OC(C)(C)C)CCC(C(C)(C)C)CC1. The van der Waals surface area contributed by atoms with Crippen molar-refractivity contribution in [1.82, 2.24) is 5.32 Å². The Bertz CT molecular complexity index is 385. The fraction of sp³-hybridized carbons (Fsp3) is 0.824. The fourth-order valence-electron chi connectivity index (χ4n) is 2.78. The molecule has 0 atom stereocenters. The van der Waals surface area contributed by atoms with E-state index in [2.05, 4.69) is 32.0 Å². The van der Waals surface area contributed by atoms with Gasteiger partial charge in [0.05, 0.1) is 0 Å². The minimum absolute atomic E-state index is 0.298. The van der Waals surface area contributed by atoms with Crippen molar-refractivity contribution < 1.29 is 9.53 Å². The van der Waals surface area contributed by atoms with Gasteiger partial charge in [0.2, 0.25) is 0 Å². The third-order valence-corrected chi connectivity index (χ3v) is 4.08. The summed E-state index contributed by atoms with van der Waals surface area (Å²) in [7, 11) is 0.